The van der Waals surface area contributed by atoms with Crippen molar-refractivity contribution in [1.29, 1.82) is 0 Å². The van der Waals surface area contributed by atoms with Gasteiger partial charge in [0.25, 0.3) is 0 Å². The van der Waals surface area contributed by atoms with Gasteiger partial charge in [0.1, 0.15) is 13.2 Å². The summed E-state index contributed by atoms with van der Waals surface area (Å²) < 4.78 is 22.9. The minimum absolute atomic E-state index is 0.150. The Balaban J connectivity index is 4.02. The van der Waals surface area contributed by atoms with Crippen molar-refractivity contribution in [2.75, 3.05) is 47.5 Å². The largest absolute Gasteiger partial charge is 0.545 e. The molecule has 510 valence electrons. The molecule has 0 amide bonds. The molecule has 0 heterocycles. The zero-order chi connectivity index (χ0) is 63.3. The fraction of sp³-hybridized carbons (Fsp3) is 0.859. The van der Waals surface area contributed by atoms with Crippen LogP contribution in [0.2, 0.25) is 0 Å². The number of ether oxygens (including phenoxy) is 4. The molecule has 2 unspecified atom stereocenters. The van der Waals surface area contributed by atoms with Gasteiger partial charge in [0.05, 0.1) is 40.3 Å². The number of unbranched alkanes of at least 4 members (excludes halogenated alkanes) is 48. The Morgan fingerprint density at radius 2 is 0.621 bits per heavy atom. The van der Waals surface area contributed by atoms with Crippen molar-refractivity contribution >= 4 is 17.9 Å². The number of esters is 2. The van der Waals surface area contributed by atoms with Crippen molar-refractivity contribution in [3.8, 4) is 0 Å². The lowest BCUT2D eigenvalue weighted by Crippen LogP contribution is -2.44. The number of aliphatic carboxylic acids is 1. The molecule has 0 aromatic rings. The van der Waals surface area contributed by atoms with E-state index in [9.17, 15) is 19.5 Å². The average Bonchev–Trinajstić information content (AvgIpc) is 3.51. The molecule has 0 saturated heterocycles. The van der Waals surface area contributed by atoms with Crippen LogP contribution in [0.25, 0.3) is 0 Å². The van der Waals surface area contributed by atoms with Gasteiger partial charge >= 0.3 is 11.9 Å². The first-order valence-corrected chi connectivity index (χ1v) is 37.8. The molecule has 9 heteroatoms. The zero-order valence-electron chi connectivity index (χ0n) is 58.4. The zero-order valence-corrected chi connectivity index (χ0v) is 58.4. The van der Waals surface area contributed by atoms with Crippen LogP contribution in [-0.4, -0.2) is 82.3 Å². The molecule has 0 saturated carbocycles. The van der Waals surface area contributed by atoms with E-state index in [-0.39, 0.29) is 32.2 Å². The summed E-state index contributed by atoms with van der Waals surface area (Å²) in [5.74, 6) is -2.25. The van der Waals surface area contributed by atoms with Crippen molar-refractivity contribution in [3.63, 3.8) is 0 Å². The lowest BCUT2D eigenvalue weighted by Gasteiger charge is -2.26. The van der Waals surface area contributed by atoms with Gasteiger partial charge in [0, 0.05) is 12.8 Å². The normalized spacial score (nSPS) is 12.9. The molecule has 0 aliphatic rings. The van der Waals surface area contributed by atoms with Gasteiger partial charge in [-0.1, -0.05) is 332 Å². The highest BCUT2D eigenvalue weighted by molar-refractivity contribution is 5.70. The summed E-state index contributed by atoms with van der Waals surface area (Å²) in [6, 6.07) is 0. The number of nitrogens with zero attached hydrogens (tertiary/aromatic N) is 1. The molecular weight excluding hydrogens is 1080 g/mol. The maximum Gasteiger partial charge on any atom is 0.306 e. The number of likely N-dealkylation sites (N-methyl/N-ethyl adjacent to an activating group) is 1. The van der Waals surface area contributed by atoms with Gasteiger partial charge in [-0.05, 0) is 77.0 Å². The first-order chi connectivity index (χ1) is 42.6. The Morgan fingerprint density at radius 3 is 0.908 bits per heavy atom. The monoisotopic (exact) mass is 1220 g/mol. The Morgan fingerprint density at radius 1 is 0.345 bits per heavy atom. The van der Waals surface area contributed by atoms with Gasteiger partial charge in [-0.2, -0.15) is 0 Å². The average molecular weight is 1230 g/mol. The van der Waals surface area contributed by atoms with Crippen molar-refractivity contribution in [1.82, 2.24) is 0 Å². The number of carboxylic acids is 1. The second kappa shape index (κ2) is 69.1. The number of allylic oxidation sites excluding steroid dienone is 8. The van der Waals surface area contributed by atoms with Gasteiger partial charge in [-0.25, -0.2) is 0 Å². The quantitative estimate of drug-likeness (QED) is 0.0195. The number of carbonyl (C=O) groups excluding carboxylic acids is 3. The first-order valence-electron chi connectivity index (χ1n) is 37.8. The fourth-order valence-corrected chi connectivity index (χ4v) is 11.2. The van der Waals surface area contributed by atoms with E-state index in [1.807, 2.05) is 21.1 Å². The van der Waals surface area contributed by atoms with E-state index < -0.39 is 24.3 Å². The SMILES string of the molecule is CCCCCCC/C=C\C/C=C\CCCCCCCCCCCCCCCCCCCCCC(=O)OCC(COC(OCC[N+](C)(C)C)C(=O)[O-])OC(=O)CCCCCCCCCCCCCCCCCCCCC/C=C\C/C=C\CCCCCCC. The van der Waals surface area contributed by atoms with Gasteiger partial charge in [-0.15, -0.1) is 0 Å². The Bertz CT molecular complexity index is 1570. The van der Waals surface area contributed by atoms with Crippen molar-refractivity contribution in [2.24, 2.45) is 0 Å². The minimum atomic E-state index is -1.62. The summed E-state index contributed by atoms with van der Waals surface area (Å²) in [5.41, 5.74) is 0. The third-order valence-electron chi connectivity index (χ3n) is 17.0. The Hall–Kier alpha value is -2.75. The van der Waals surface area contributed by atoms with Crippen LogP contribution in [-0.2, 0) is 33.3 Å². The summed E-state index contributed by atoms with van der Waals surface area (Å²) >= 11 is 0. The summed E-state index contributed by atoms with van der Waals surface area (Å²) in [6.45, 7) is 4.79. The van der Waals surface area contributed by atoms with Gasteiger partial charge in [0.15, 0.2) is 12.4 Å². The molecule has 0 rings (SSSR count). The number of rotatable bonds is 71. The van der Waals surface area contributed by atoms with Crippen LogP contribution >= 0.6 is 0 Å². The lowest BCUT2D eigenvalue weighted by atomic mass is 10.0. The predicted molar refractivity (Wildman–Crippen MR) is 371 cm³/mol. The van der Waals surface area contributed by atoms with Gasteiger partial charge in [-0.3, -0.25) is 9.59 Å². The molecule has 0 aromatic heterocycles. The van der Waals surface area contributed by atoms with Crippen LogP contribution in [0, 0.1) is 0 Å². The molecule has 0 radical (unpaired) electrons. The molecule has 9 nitrogen and oxygen atoms in total. The molecule has 2 atom stereocenters. The maximum absolute atomic E-state index is 13.0. The van der Waals surface area contributed by atoms with Crippen LogP contribution in [0.5, 0.6) is 0 Å². The number of carbonyl (C=O) groups is 3. The second-order valence-corrected chi connectivity index (χ2v) is 26.9. The summed E-state index contributed by atoms with van der Waals surface area (Å²) in [4.78, 5) is 37.6. The van der Waals surface area contributed by atoms with Crippen molar-refractivity contribution in [2.45, 2.75) is 386 Å². The topological polar surface area (TPSA) is 111 Å². The predicted octanol–water partition coefficient (Wildman–Crippen LogP) is 22.4. The van der Waals surface area contributed by atoms with Crippen LogP contribution in [0.15, 0.2) is 48.6 Å². The standard InChI is InChI=1S/C78H145NO8/c1-6-8-10-12-14-16-18-20-22-24-26-28-30-32-34-36-38-40-42-44-46-48-50-52-54-56-58-60-62-64-66-68-75(80)85-72-74(73-86-78(77(82)83)84-71-70-79(3,4)5)87-76(81)69-67-65-63-61-59-57-55-53-51-49-47-45-43-41-39-37-35-33-31-29-27-25-23-21-19-17-15-13-11-9-7-2/h18-21,24-27,74,78H,6-17,22-23,28-73H2,1-5H3/b20-18-,21-19-,26-24-,27-25-. The maximum atomic E-state index is 13.0. The molecule has 0 aromatic carbocycles. The van der Waals surface area contributed by atoms with Crippen molar-refractivity contribution in [3.05, 3.63) is 48.6 Å². The molecule has 0 fully saturated rings. The third kappa shape index (κ3) is 70.6. The van der Waals surface area contributed by atoms with Gasteiger partial charge < -0.3 is 33.3 Å². The first kappa shape index (κ1) is 84.2. The molecular formula is C78H145NO8. The molecule has 0 aliphatic heterocycles. The number of carboxylic acid groups (broad SMARTS) is 1. The Labute approximate surface area is 540 Å². The van der Waals surface area contributed by atoms with Gasteiger partial charge in [0.2, 0.25) is 0 Å². The highest BCUT2D eigenvalue weighted by Gasteiger charge is 2.22. The van der Waals surface area contributed by atoms with E-state index >= 15 is 0 Å². The lowest BCUT2D eigenvalue weighted by molar-refractivity contribution is -0.870. The highest BCUT2D eigenvalue weighted by atomic mass is 16.7. The van der Waals surface area contributed by atoms with Crippen LogP contribution < -0.4 is 5.11 Å². The molecule has 0 aliphatic carbocycles. The smallest absolute Gasteiger partial charge is 0.306 e. The summed E-state index contributed by atoms with van der Waals surface area (Å²) in [7, 11) is 5.95. The van der Waals surface area contributed by atoms with Crippen molar-refractivity contribution < 1.29 is 42.9 Å². The molecule has 87 heavy (non-hydrogen) atoms. The fourth-order valence-electron chi connectivity index (χ4n) is 11.2. The van der Waals surface area contributed by atoms with E-state index in [1.165, 1.54) is 295 Å². The third-order valence-corrected chi connectivity index (χ3v) is 17.0. The van der Waals surface area contributed by atoms with E-state index in [1.54, 1.807) is 0 Å². The second-order valence-electron chi connectivity index (χ2n) is 26.9. The Kier molecular flexibility index (Phi) is 67.0. The number of quaternary nitrogens is 1. The van der Waals surface area contributed by atoms with E-state index in [0.717, 1.165) is 51.4 Å². The molecule has 0 N–H and O–H groups in total. The molecule has 0 spiro atoms. The van der Waals surface area contributed by atoms with Crippen LogP contribution in [0.3, 0.4) is 0 Å². The van der Waals surface area contributed by atoms with E-state index in [2.05, 4.69) is 62.5 Å². The summed E-state index contributed by atoms with van der Waals surface area (Å²) in [6.07, 6.45) is 86.4. The number of hydrogen-bond acceptors (Lipinski definition) is 8. The van der Waals surface area contributed by atoms with Crippen LogP contribution in [0.1, 0.15) is 373 Å². The van der Waals surface area contributed by atoms with E-state index in [4.69, 9.17) is 18.9 Å². The summed E-state index contributed by atoms with van der Waals surface area (Å²) in [5, 5.41) is 11.8. The minimum Gasteiger partial charge on any atom is -0.545 e. The number of hydrogen-bond donors (Lipinski definition) is 0. The highest BCUT2D eigenvalue weighted by Crippen LogP contribution is 2.19. The van der Waals surface area contributed by atoms with E-state index in [0.29, 0.717) is 17.4 Å². The van der Waals surface area contributed by atoms with Crippen LogP contribution in [0.4, 0.5) is 0 Å². The molecule has 0 bridgehead atoms.